The standard InChI is InChI=1S/C40H52N6O5S2/c1-27(2)37(45-39(49)46(3)24-32-26-52-36(42-32)22-30-16-10-11-17-30)38(48)43-31(20-28-12-6-4-7-13-28)23-35(47)34(21-29-14-8-5-9-15-29)44-40(50)51-25-33-18-19-41-53-33/h4-9,12-15,18-19,26-27,30-31,34-35,37,47H,10-11,16-17,20-25H2,1-3H3,(H,43,48)(H,44,50)(H,45,49)/t31-,34-,35-,37-/m0/s1. The topological polar surface area (TPSA) is 146 Å². The predicted octanol–water partition coefficient (Wildman–Crippen LogP) is 6.51. The molecule has 2 aromatic carbocycles. The van der Waals surface area contributed by atoms with E-state index >= 15 is 0 Å². The number of aromatic nitrogens is 2. The Kier molecular flexibility index (Phi) is 15.2. The number of aliphatic hydroxyl groups excluding tert-OH is 1. The molecular formula is C40H52N6O5S2. The summed E-state index contributed by atoms with van der Waals surface area (Å²) in [5.74, 6) is 0.140. The molecule has 4 N–H and O–H groups in total. The molecule has 2 aromatic heterocycles. The summed E-state index contributed by atoms with van der Waals surface area (Å²) in [4.78, 5) is 47.4. The number of rotatable bonds is 18. The summed E-state index contributed by atoms with van der Waals surface area (Å²) < 4.78 is 9.48. The molecule has 0 saturated heterocycles. The number of urea groups is 1. The number of carbonyl (C=O) groups is 3. The third kappa shape index (κ3) is 12.9. The van der Waals surface area contributed by atoms with E-state index < -0.39 is 30.3 Å². The van der Waals surface area contributed by atoms with Gasteiger partial charge in [-0.05, 0) is 59.8 Å². The van der Waals surface area contributed by atoms with Crippen LogP contribution in [-0.2, 0) is 41.9 Å². The summed E-state index contributed by atoms with van der Waals surface area (Å²) >= 11 is 2.89. The summed E-state index contributed by atoms with van der Waals surface area (Å²) in [7, 11) is 1.71. The summed E-state index contributed by atoms with van der Waals surface area (Å²) in [5, 5.41) is 23.8. The molecule has 4 aromatic rings. The van der Waals surface area contributed by atoms with Crippen molar-refractivity contribution >= 4 is 40.9 Å². The molecule has 2 heterocycles. The van der Waals surface area contributed by atoms with Crippen molar-refractivity contribution in [2.45, 2.75) is 103 Å². The second-order valence-electron chi connectivity index (χ2n) is 14.3. The van der Waals surface area contributed by atoms with Crippen LogP contribution in [0.2, 0.25) is 0 Å². The van der Waals surface area contributed by atoms with E-state index in [1.807, 2.05) is 79.9 Å². The normalized spacial score (nSPS) is 15.3. The minimum Gasteiger partial charge on any atom is -0.444 e. The largest absolute Gasteiger partial charge is 0.444 e. The van der Waals surface area contributed by atoms with Gasteiger partial charge in [0.25, 0.3) is 0 Å². The first-order valence-corrected chi connectivity index (χ1v) is 20.1. The summed E-state index contributed by atoms with van der Waals surface area (Å²) in [6.45, 7) is 4.18. The fourth-order valence-electron chi connectivity index (χ4n) is 6.71. The van der Waals surface area contributed by atoms with Crippen LogP contribution in [0.15, 0.2) is 78.3 Å². The Bertz CT molecular complexity index is 1700. The van der Waals surface area contributed by atoms with E-state index in [1.165, 1.54) is 37.2 Å². The number of ether oxygens (including phenoxy) is 1. The molecule has 1 aliphatic carbocycles. The van der Waals surface area contributed by atoms with Crippen LogP contribution in [-0.4, -0.2) is 68.7 Å². The zero-order chi connectivity index (χ0) is 37.6. The molecule has 284 valence electrons. The summed E-state index contributed by atoms with van der Waals surface area (Å²) in [6.07, 6.45) is 6.96. The molecule has 0 spiro atoms. The highest BCUT2D eigenvalue weighted by Gasteiger charge is 2.31. The monoisotopic (exact) mass is 760 g/mol. The maximum atomic E-state index is 14.0. The molecule has 53 heavy (non-hydrogen) atoms. The lowest BCUT2D eigenvalue weighted by Crippen LogP contribution is -2.55. The van der Waals surface area contributed by atoms with Gasteiger partial charge in [0, 0.05) is 31.1 Å². The molecule has 0 radical (unpaired) electrons. The highest BCUT2D eigenvalue weighted by atomic mass is 32.1. The van der Waals surface area contributed by atoms with Crippen molar-refractivity contribution < 1.29 is 24.2 Å². The minimum absolute atomic E-state index is 0.0695. The number of amides is 4. The van der Waals surface area contributed by atoms with Crippen LogP contribution in [0.3, 0.4) is 0 Å². The van der Waals surface area contributed by atoms with Gasteiger partial charge in [0.05, 0.1) is 34.3 Å². The van der Waals surface area contributed by atoms with Gasteiger partial charge in [-0.1, -0.05) is 100 Å². The van der Waals surface area contributed by atoms with E-state index in [2.05, 4.69) is 20.3 Å². The van der Waals surface area contributed by atoms with Crippen LogP contribution in [0.25, 0.3) is 0 Å². The van der Waals surface area contributed by atoms with Gasteiger partial charge in [-0.15, -0.1) is 11.3 Å². The second-order valence-corrected chi connectivity index (χ2v) is 16.2. The van der Waals surface area contributed by atoms with Crippen molar-refractivity contribution in [1.29, 1.82) is 0 Å². The number of thiazole rings is 1. The van der Waals surface area contributed by atoms with E-state index in [4.69, 9.17) is 9.72 Å². The molecule has 1 aliphatic rings. The van der Waals surface area contributed by atoms with Gasteiger partial charge >= 0.3 is 12.1 Å². The van der Waals surface area contributed by atoms with Crippen molar-refractivity contribution in [2.75, 3.05) is 7.05 Å². The zero-order valence-electron chi connectivity index (χ0n) is 30.8. The lowest BCUT2D eigenvalue weighted by molar-refractivity contribution is -0.124. The van der Waals surface area contributed by atoms with E-state index in [0.717, 1.165) is 33.1 Å². The van der Waals surface area contributed by atoms with Crippen LogP contribution in [0, 0.1) is 11.8 Å². The number of nitrogens with one attached hydrogen (secondary N) is 3. The lowest BCUT2D eigenvalue weighted by atomic mass is 9.93. The Balaban J connectivity index is 1.24. The molecule has 5 rings (SSSR count). The summed E-state index contributed by atoms with van der Waals surface area (Å²) in [6, 6.07) is 18.7. The fraction of sp³-hybridized carbons (Fsp3) is 0.475. The van der Waals surface area contributed by atoms with Gasteiger partial charge in [0.2, 0.25) is 5.91 Å². The third-order valence-corrected chi connectivity index (χ3v) is 11.2. The number of benzene rings is 2. The molecule has 11 nitrogen and oxygen atoms in total. The molecule has 0 unspecified atom stereocenters. The van der Waals surface area contributed by atoms with Crippen LogP contribution >= 0.6 is 22.9 Å². The first-order valence-electron chi connectivity index (χ1n) is 18.5. The first kappa shape index (κ1) is 39.9. The maximum Gasteiger partial charge on any atom is 0.407 e. The molecule has 1 saturated carbocycles. The van der Waals surface area contributed by atoms with Crippen LogP contribution < -0.4 is 16.0 Å². The Morgan fingerprint density at radius 3 is 2.26 bits per heavy atom. The highest BCUT2D eigenvalue weighted by molar-refractivity contribution is 7.09. The molecule has 0 bridgehead atoms. The molecule has 0 aliphatic heterocycles. The number of aliphatic hydroxyl groups is 1. The third-order valence-electron chi connectivity index (χ3n) is 9.61. The van der Waals surface area contributed by atoms with Crippen molar-refractivity contribution in [2.24, 2.45) is 11.8 Å². The van der Waals surface area contributed by atoms with Crippen molar-refractivity contribution in [3.05, 3.63) is 105 Å². The molecule has 4 amide bonds. The predicted molar refractivity (Wildman–Crippen MR) is 208 cm³/mol. The zero-order valence-corrected chi connectivity index (χ0v) is 32.4. The Morgan fingerprint density at radius 2 is 1.62 bits per heavy atom. The smallest absolute Gasteiger partial charge is 0.407 e. The first-order chi connectivity index (χ1) is 25.6. The van der Waals surface area contributed by atoms with Crippen molar-refractivity contribution in [3.63, 3.8) is 0 Å². The van der Waals surface area contributed by atoms with Crippen molar-refractivity contribution in [1.82, 2.24) is 30.2 Å². The van der Waals surface area contributed by atoms with Gasteiger partial charge in [-0.25, -0.2) is 18.9 Å². The quantitative estimate of drug-likeness (QED) is 0.0905. The molecule has 13 heteroatoms. The number of hydrogen-bond donors (Lipinski definition) is 4. The molecule has 1 fully saturated rings. The highest BCUT2D eigenvalue weighted by Crippen LogP contribution is 2.29. The van der Waals surface area contributed by atoms with Crippen LogP contribution in [0.1, 0.15) is 72.7 Å². The summed E-state index contributed by atoms with van der Waals surface area (Å²) in [5.41, 5.74) is 2.74. The van der Waals surface area contributed by atoms with E-state index in [0.29, 0.717) is 25.3 Å². The van der Waals surface area contributed by atoms with Gasteiger partial charge in [0.15, 0.2) is 0 Å². The molecule has 4 atom stereocenters. The Hall–Kier alpha value is -4.33. The number of carbonyl (C=O) groups excluding carboxylic acids is 3. The number of hydrogen-bond acceptors (Lipinski definition) is 9. The van der Waals surface area contributed by atoms with E-state index in [9.17, 15) is 19.5 Å². The van der Waals surface area contributed by atoms with Gasteiger partial charge in [0.1, 0.15) is 12.6 Å². The Labute approximate surface area is 320 Å². The fourth-order valence-corrected chi connectivity index (χ4v) is 8.10. The van der Waals surface area contributed by atoms with Crippen LogP contribution in [0.5, 0.6) is 0 Å². The van der Waals surface area contributed by atoms with E-state index in [-0.39, 0.29) is 30.9 Å². The molecular weight excluding hydrogens is 709 g/mol. The van der Waals surface area contributed by atoms with Gasteiger partial charge in [-0.3, -0.25) is 4.79 Å². The van der Waals surface area contributed by atoms with Gasteiger partial charge < -0.3 is 30.7 Å². The SMILES string of the molecule is CC(C)[C@H](NC(=O)N(C)Cc1csc(CC2CCCC2)n1)C(=O)N[C@@H](Cc1ccccc1)C[C@H](O)[C@H](Cc1ccccc1)NC(=O)OCc1ccns1. The average molecular weight is 761 g/mol. The Morgan fingerprint density at radius 1 is 0.943 bits per heavy atom. The average Bonchev–Trinajstić information content (AvgIpc) is 3.95. The second kappa shape index (κ2) is 20.2. The van der Waals surface area contributed by atoms with Crippen molar-refractivity contribution in [3.8, 4) is 0 Å². The van der Waals surface area contributed by atoms with Crippen LogP contribution in [0.4, 0.5) is 9.59 Å². The number of alkyl carbamates (subject to hydrolysis) is 1. The minimum atomic E-state index is -1.05. The number of nitrogens with zero attached hydrogens (tertiary/aromatic N) is 3. The van der Waals surface area contributed by atoms with E-state index in [1.54, 1.807) is 35.5 Å². The lowest BCUT2D eigenvalue weighted by Gasteiger charge is -2.30. The maximum absolute atomic E-state index is 14.0. The van der Waals surface area contributed by atoms with Gasteiger partial charge in [-0.2, -0.15) is 0 Å².